The van der Waals surface area contributed by atoms with E-state index in [0.717, 1.165) is 13.0 Å². The standard InChI is InChI=1S/C8H17NO3/c1-3-4-9(5-7(2)10)6-8(11)12/h7,10H,3-6H2,1-2H3,(H,11,12). The van der Waals surface area contributed by atoms with Gasteiger partial charge >= 0.3 is 5.97 Å². The van der Waals surface area contributed by atoms with E-state index in [4.69, 9.17) is 10.2 Å². The second-order valence-corrected chi connectivity index (χ2v) is 2.98. The molecule has 0 saturated carbocycles. The first-order chi connectivity index (χ1) is 5.56. The molecule has 0 spiro atoms. The summed E-state index contributed by atoms with van der Waals surface area (Å²) in [6, 6.07) is 0. The van der Waals surface area contributed by atoms with Gasteiger partial charge in [0.2, 0.25) is 0 Å². The number of carboxylic acids is 1. The third-order valence-corrected chi connectivity index (χ3v) is 1.42. The van der Waals surface area contributed by atoms with Gasteiger partial charge < -0.3 is 10.2 Å². The van der Waals surface area contributed by atoms with Crippen LogP contribution in [0.2, 0.25) is 0 Å². The van der Waals surface area contributed by atoms with Gasteiger partial charge in [-0.05, 0) is 19.9 Å². The molecule has 0 aliphatic heterocycles. The lowest BCUT2D eigenvalue weighted by molar-refractivity contribution is -0.138. The number of aliphatic hydroxyl groups excluding tert-OH is 1. The van der Waals surface area contributed by atoms with Gasteiger partial charge in [0.25, 0.3) is 0 Å². The molecule has 4 nitrogen and oxygen atoms in total. The van der Waals surface area contributed by atoms with Crippen molar-refractivity contribution in [3.05, 3.63) is 0 Å². The van der Waals surface area contributed by atoms with Crippen molar-refractivity contribution in [2.24, 2.45) is 0 Å². The Kier molecular flexibility index (Phi) is 5.66. The van der Waals surface area contributed by atoms with Crippen molar-refractivity contribution in [1.29, 1.82) is 0 Å². The van der Waals surface area contributed by atoms with Gasteiger partial charge in [-0.2, -0.15) is 0 Å². The van der Waals surface area contributed by atoms with Crippen molar-refractivity contribution in [2.75, 3.05) is 19.6 Å². The molecular weight excluding hydrogens is 158 g/mol. The first-order valence-corrected chi connectivity index (χ1v) is 4.18. The largest absolute Gasteiger partial charge is 0.480 e. The molecule has 0 heterocycles. The molecule has 12 heavy (non-hydrogen) atoms. The average Bonchev–Trinajstić information content (AvgIpc) is 1.84. The van der Waals surface area contributed by atoms with Crippen LogP contribution in [0.1, 0.15) is 20.3 Å². The number of aliphatic carboxylic acids is 1. The highest BCUT2D eigenvalue weighted by Crippen LogP contribution is 1.93. The number of aliphatic hydroxyl groups is 1. The fraction of sp³-hybridized carbons (Fsp3) is 0.875. The summed E-state index contributed by atoms with van der Waals surface area (Å²) in [5.41, 5.74) is 0. The zero-order valence-corrected chi connectivity index (χ0v) is 7.66. The second kappa shape index (κ2) is 5.97. The molecule has 72 valence electrons. The third-order valence-electron chi connectivity index (χ3n) is 1.42. The van der Waals surface area contributed by atoms with Crippen molar-refractivity contribution < 1.29 is 15.0 Å². The molecule has 0 fully saturated rings. The second-order valence-electron chi connectivity index (χ2n) is 2.98. The van der Waals surface area contributed by atoms with E-state index in [0.29, 0.717) is 6.54 Å². The minimum Gasteiger partial charge on any atom is -0.480 e. The number of hydrogen-bond acceptors (Lipinski definition) is 3. The van der Waals surface area contributed by atoms with Crippen molar-refractivity contribution >= 4 is 5.97 Å². The monoisotopic (exact) mass is 175 g/mol. The lowest BCUT2D eigenvalue weighted by Gasteiger charge is -2.20. The van der Waals surface area contributed by atoms with Gasteiger partial charge in [0, 0.05) is 6.54 Å². The fourth-order valence-electron chi connectivity index (χ4n) is 1.12. The summed E-state index contributed by atoms with van der Waals surface area (Å²) in [4.78, 5) is 12.1. The number of nitrogens with zero attached hydrogens (tertiary/aromatic N) is 1. The van der Waals surface area contributed by atoms with Gasteiger partial charge in [-0.15, -0.1) is 0 Å². The maximum absolute atomic E-state index is 10.3. The third kappa shape index (κ3) is 6.12. The zero-order valence-electron chi connectivity index (χ0n) is 7.66. The zero-order chi connectivity index (χ0) is 9.56. The van der Waals surface area contributed by atoms with Crippen LogP contribution >= 0.6 is 0 Å². The minimum absolute atomic E-state index is 0.0126. The number of hydrogen-bond donors (Lipinski definition) is 2. The van der Waals surface area contributed by atoms with Crippen LogP contribution in [-0.2, 0) is 4.79 Å². The van der Waals surface area contributed by atoms with Gasteiger partial charge in [0.1, 0.15) is 0 Å². The van der Waals surface area contributed by atoms with Crippen molar-refractivity contribution in [3.8, 4) is 0 Å². The van der Waals surface area contributed by atoms with Crippen LogP contribution in [0.3, 0.4) is 0 Å². The van der Waals surface area contributed by atoms with Crippen LogP contribution in [0.25, 0.3) is 0 Å². The molecule has 4 heteroatoms. The van der Waals surface area contributed by atoms with Crippen molar-refractivity contribution in [1.82, 2.24) is 4.90 Å². The van der Waals surface area contributed by atoms with E-state index in [2.05, 4.69) is 0 Å². The van der Waals surface area contributed by atoms with E-state index in [1.54, 1.807) is 11.8 Å². The minimum atomic E-state index is -0.843. The predicted molar refractivity (Wildman–Crippen MR) is 46.0 cm³/mol. The lowest BCUT2D eigenvalue weighted by Crippen LogP contribution is -2.35. The predicted octanol–water partition coefficient (Wildman–Crippen LogP) is 0.164. The molecule has 1 unspecified atom stereocenters. The first-order valence-electron chi connectivity index (χ1n) is 4.18. The fourth-order valence-corrected chi connectivity index (χ4v) is 1.12. The van der Waals surface area contributed by atoms with E-state index in [-0.39, 0.29) is 6.54 Å². The molecule has 0 rings (SSSR count). The van der Waals surface area contributed by atoms with Crippen molar-refractivity contribution in [2.45, 2.75) is 26.4 Å². The molecule has 0 aromatic rings. The van der Waals surface area contributed by atoms with Gasteiger partial charge in [-0.3, -0.25) is 9.69 Å². The first kappa shape index (κ1) is 11.4. The Labute approximate surface area is 72.8 Å². The number of carbonyl (C=O) groups is 1. The van der Waals surface area contributed by atoms with E-state index in [1.807, 2.05) is 6.92 Å². The summed E-state index contributed by atoms with van der Waals surface area (Å²) in [7, 11) is 0. The van der Waals surface area contributed by atoms with E-state index in [1.165, 1.54) is 0 Å². The molecule has 0 aromatic carbocycles. The molecule has 0 saturated heterocycles. The van der Waals surface area contributed by atoms with Crippen LogP contribution in [0.15, 0.2) is 0 Å². The maximum Gasteiger partial charge on any atom is 0.317 e. The molecule has 0 bridgehead atoms. The Morgan fingerprint density at radius 2 is 2.17 bits per heavy atom. The number of carboxylic acid groups (broad SMARTS) is 1. The number of rotatable bonds is 6. The van der Waals surface area contributed by atoms with Crippen molar-refractivity contribution in [3.63, 3.8) is 0 Å². The molecule has 0 amide bonds. The van der Waals surface area contributed by atoms with Gasteiger partial charge in [-0.1, -0.05) is 6.92 Å². The highest BCUT2D eigenvalue weighted by Gasteiger charge is 2.10. The highest BCUT2D eigenvalue weighted by molar-refractivity contribution is 5.69. The summed E-state index contributed by atoms with van der Waals surface area (Å²) >= 11 is 0. The normalized spacial score (nSPS) is 13.3. The van der Waals surface area contributed by atoms with Gasteiger partial charge in [0.15, 0.2) is 0 Å². The van der Waals surface area contributed by atoms with E-state index < -0.39 is 12.1 Å². The molecule has 0 aliphatic carbocycles. The summed E-state index contributed by atoms with van der Waals surface area (Å²) in [5.74, 6) is -0.843. The molecule has 0 radical (unpaired) electrons. The molecular formula is C8H17NO3. The van der Waals surface area contributed by atoms with Crippen LogP contribution in [-0.4, -0.2) is 46.8 Å². The highest BCUT2D eigenvalue weighted by atomic mass is 16.4. The summed E-state index contributed by atoms with van der Waals surface area (Å²) in [6.45, 7) is 4.80. The topological polar surface area (TPSA) is 60.8 Å². The average molecular weight is 175 g/mol. The molecule has 0 aliphatic rings. The van der Waals surface area contributed by atoms with E-state index >= 15 is 0 Å². The SMILES string of the molecule is CCCN(CC(=O)O)CC(C)O. The Hall–Kier alpha value is -0.610. The van der Waals surface area contributed by atoms with Crippen LogP contribution in [0.4, 0.5) is 0 Å². The molecule has 2 N–H and O–H groups in total. The van der Waals surface area contributed by atoms with Crippen LogP contribution in [0.5, 0.6) is 0 Å². The van der Waals surface area contributed by atoms with Gasteiger partial charge in [-0.25, -0.2) is 0 Å². The molecule has 1 atom stereocenters. The lowest BCUT2D eigenvalue weighted by atomic mass is 10.3. The van der Waals surface area contributed by atoms with Crippen LogP contribution < -0.4 is 0 Å². The van der Waals surface area contributed by atoms with Gasteiger partial charge in [0.05, 0.1) is 12.6 Å². The summed E-state index contributed by atoms with van der Waals surface area (Å²) < 4.78 is 0. The summed E-state index contributed by atoms with van der Waals surface area (Å²) in [6.07, 6.45) is 0.441. The molecule has 0 aromatic heterocycles. The Morgan fingerprint density at radius 1 is 1.58 bits per heavy atom. The van der Waals surface area contributed by atoms with E-state index in [9.17, 15) is 4.79 Å². The maximum atomic E-state index is 10.3. The van der Waals surface area contributed by atoms with Crippen LogP contribution in [0, 0.1) is 0 Å². The quantitative estimate of drug-likeness (QED) is 0.604. The Bertz CT molecular complexity index is 136. The smallest absolute Gasteiger partial charge is 0.317 e. The Morgan fingerprint density at radius 3 is 2.50 bits per heavy atom. The Balaban J connectivity index is 3.77. The summed E-state index contributed by atoms with van der Waals surface area (Å²) in [5, 5.41) is 17.5.